The summed E-state index contributed by atoms with van der Waals surface area (Å²) in [6, 6.07) is 13.2. The molecule has 0 radical (unpaired) electrons. The van der Waals surface area contributed by atoms with Crippen LogP contribution in [0.5, 0.6) is 0 Å². The van der Waals surface area contributed by atoms with Crippen molar-refractivity contribution in [3.63, 3.8) is 0 Å². The largest absolute Gasteiger partial charge is 0.243 e. The van der Waals surface area contributed by atoms with Crippen LogP contribution in [0.4, 0.5) is 0 Å². The zero-order valence-corrected chi connectivity index (χ0v) is 12.8. The Morgan fingerprint density at radius 3 is 2.47 bits per heavy atom. The van der Waals surface area contributed by atoms with Crippen LogP contribution in [0, 0.1) is 0 Å². The van der Waals surface area contributed by atoms with Crippen molar-refractivity contribution in [1.29, 1.82) is 0 Å². The van der Waals surface area contributed by atoms with Gasteiger partial charge in [-0.15, -0.1) is 0 Å². The van der Waals surface area contributed by atoms with Crippen molar-refractivity contribution >= 4 is 32.3 Å². The molecule has 0 unspecified atom stereocenters. The van der Waals surface area contributed by atoms with Gasteiger partial charge in [0.05, 0.1) is 10.8 Å². The van der Waals surface area contributed by atoms with E-state index < -0.39 is 0 Å². The summed E-state index contributed by atoms with van der Waals surface area (Å²) in [6.45, 7) is 10.2. The van der Waals surface area contributed by atoms with Gasteiger partial charge in [0.25, 0.3) is 0 Å². The molecule has 0 amide bonds. The Balaban J connectivity index is 2.49. The molecule has 0 saturated carbocycles. The highest BCUT2D eigenvalue weighted by Gasteiger charge is 2.30. The Hall–Kier alpha value is -1.41. The number of nitrogens with zero attached hydrogens (tertiary/aromatic N) is 1. The minimum absolute atomic E-state index is 0.195. The number of benzene rings is 2. The molecule has 0 spiro atoms. The van der Waals surface area contributed by atoms with Gasteiger partial charge in [-0.3, -0.25) is 0 Å². The second-order valence-corrected chi connectivity index (χ2v) is 7.07. The Bertz CT molecular complexity index is 747. The summed E-state index contributed by atoms with van der Waals surface area (Å²) in [5, 5.41) is 4.16. The lowest BCUT2D eigenvalue weighted by Gasteiger charge is -2.12. The van der Waals surface area contributed by atoms with Crippen molar-refractivity contribution < 1.29 is 4.57 Å². The van der Waals surface area contributed by atoms with E-state index in [0.717, 1.165) is 6.54 Å². The van der Waals surface area contributed by atoms with Crippen molar-refractivity contribution in [3.8, 4) is 0 Å². The Morgan fingerprint density at radius 2 is 1.79 bits per heavy atom. The summed E-state index contributed by atoms with van der Waals surface area (Å²) in [6.07, 6.45) is 0. The summed E-state index contributed by atoms with van der Waals surface area (Å²) < 4.78 is 3.88. The average molecular weight is 270 g/mol. The van der Waals surface area contributed by atoms with E-state index in [2.05, 4.69) is 68.7 Å². The molecule has 2 heteroatoms. The van der Waals surface area contributed by atoms with Crippen molar-refractivity contribution in [2.24, 2.45) is 0 Å². The van der Waals surface area contributed by atoms with Gasteiger partial charge in [-0.1, -0.05) is 35.6 Å². The van der Waals surface area contributed by atoms with Crippen molar-refractivity contribution in [1.82, 2.24) is 0 Å². The number of fused-ring (bicyclic) bond motifs is 3. The van der Waals surface area contributed by atoms with Gasteiger partial charge >= 0.3 is 0 Å². The first-order valence-electron chi connectivity index (χ1n) is 6.87. The minimum atomic E-state index is 0.195. The van der Waals surface area contributed by atoms with E-state index in [0.29, 0.717) is 0 Å². The molecule has 19 heavy (non-hydrogen) atoms. The topological polar surface area (TPSA) is 3.88 Å². The summed E-state index contributed by atoms with van der Waals surface area (Å²) in [5.41, 5.74) is 1.59. The second kappa shape index (κ2) is 4.31. The molecule has 0 aliphatic carbocycles. The molecule has 2 aromatic carbocycles. The lowest BCUT2D eigenvalue weighted by atomic mass is 9.97. The van der Waals surface area contributed by atoms with E-state index >= 15 is 0 Å². The van der Waals surface area contributed by atoms with Crippen LogP contribution < -0.4 is 4.57 Å². The molecule has 1 aromatic heterocycles. The number of rotatable bonds is 1. The fraction of sp³-hybridized carbons (Fsp3) is 0.353. The standard InChI is InChI=1S/C17H20NS/c1-5-18-15-13-9-7-6-8-12(13)10-11-14(15)19-16(18)17(2,3)4/h6-11H,5H2,1-4H3/q+1. The molecule has 0 N–H and O–H groups in total. The first-order valence-corrected chi connectivity index (χ1v) is 7.68. The van der Waals surface area contributed by atoms with Crippen LogP contribution in [-0.2, 0) is 12.0 Å². The fourth-order valence-corrected chi connectivity index (χ4v) is 4.01. The Morgan fingerprint density at radius 1 is 1.05 bits per heavy atom. The highest BCUT2D eigenvalue weighted by Crippen LogP contribution is 2.33. The van der Waals surface area contributed by atoms with Gasteiger partial charge in [0.1, 0.15) is 11.2 Å². The minimum Gasteiger partial charge on any atom is -0.185 e. The SMILES string of the molecule is CC[n+]1c(C(C)(C)C)sc2ccc3ccccc3c21. The smallest absolute Gasteiger partial charge is 0.185 e. The van der Waals surface area contributed by atoms with Gasteiger partial charge in [-0.25, -0.2) is 0 Å². The zero-order valence-electron chi connectivity index (χ0n) is 12.0. The summed E-state index contributed by atoms with van der Waals surface area (Å²) in [5.74, 6) is 0. The zero-order chi connectivity index (χ0) is 13.6. The molecule has 0 fully saturated rings. The Labute approximate surface area is 118 Å². The summed E-state index contributed by atoms with van der Waals surface area (Å²) >= 11 is 1.93. The van der Waals surface area contributed by atoms with E-state index in [1.54, 1.807) is 0 Å². The number of aryl methyl sites for hydroxylation is 1. The lowest BCUT2D eigenvalue weighted by Crippen LogP contribution is -2.40. The van der Waals surface area contributed by atoms with Crippen LogP contribution >= 0.6 is 11.3 Å². The third-order valence-corrected chi connectivity index (χ3v) is 5.12. The molecule has 1 nitrogen and oxygen atoms in total. The average Bonchev–Trinajstić information content (AvgIpc) is 2.77. The molecular formula is C17H20NS+. The van der Waals surface area contributed by atoms with Crippen LogP contribution in [0.2, 0.25) is 0 Å². The van der Waals surface area contributed by atoms with Crippen LogP contribution in [-0.4, -0.2) is 0 Å². The number of thiazole rings is 1. The van der Waals surface area contributed by atoms with E-state index in [9.17, 15) is 0 Å². The van der Waals surface area contributed by atoms with Gasteiger partial charge in [0.15, 0.2) is 0 Å². The lowest BCUT2D eigenvalue weighted by molar-refractivity contribution is -0.673. The summed E-state index contributed by atoms with van der Waals surface area (Å²) in [7, 11) is 0. The summed E-state index contributed by atoms with van der Waals surface area (Å²) in [4.78, 5) is 0. The van der Waals surface area contributed by atoms with Crippen LogP contribution in [0.1, 0.15) is 32.7 Å². The van der Waals surface area contributed by atoms with E-state index in [1.807, 2.05) is 11.3 Å². The maximum atomic E-state index is 2.49. The highest BCUT2D eigenvalue weighted by molar-refractivity contribution is 7.18. The molecule has 98 valence electrons. The fourth-order valence-electron chi connectivity index (χ4n) is 2.72. The van der Waals surface area contributed by atoms with Gasteiger partial charge in [0, 0.05) is 0 Å². The van der Waals surface area contributed by atoms with Crippen LogP contribution in [0.15, 0.2) is 36.4 Å². The predicted molar refractivity (Wildman–Crippen MR) is 83.9 cm³/mol. The number of aromatic nitrogens is 1. The van der Waals surface area contributed by atoms with E-state index in [1.165, 1.54) is 26.0 Å². The molecule has 3 aromatic rings. The van der Waals surface area contributed by atoms with Gasteiger partial charge in [-0.05, 0) is 45.2 Å². The number of hydrogen-bond donors (Lipinski definition) is 0. The van der Waals surface area contributed by atoms with E-state index in [4.69, 9.17) is 0 Å². The molecule has 0 bridgehead atoms. The third kappa shape index (κ3) is 1.95. The molecule has 0 aliphatic rings. The molecular weight excluding hydrogens is 250 g/mol. The van der Waals surface area contributed by atoms with E-state index in [-0.39, 0.29) is 5.41 Å². The maximum absolute atomic E-state index is 2.49. The third-order valence-electron chi connectivity index (χ3n) is 3.54. The van der Waals surface area contributed by atoms with Crippen molar-refractivity contribution in [2.45, 2.75) is 39.7 Å². The highest BCUT2D eigenvalue weighted by atomic mass is 32.1. The second-order valence-electron chi connectivity index (χ2n) is 6.03. The van der Waals surface area contributed by atoms with Gasteiger partial charge in [0.2, 0.25) is 10.5 Å². The molecule has 0 atom stereocenters. The predicted octanol–water partition coefficient (Wildman–Crippen LogP) is 4.66. The van der Waals surface area contributed by atoms with Gasteiger partial charge < -0.3 is 0 Å². The normalized spacial score (nSPS) is 12.4. The van der Waals surface area contributed by atoms with Crippen LogP contribution in [0.25, 0.3) is 21.0 Å². The molecule has 0 aliphatic heterocycles. The first kappa shape index (κ1) is 12.6. The van der Waals surface area contributed by atoms with Crippen molar-refractivity contribution in [2.75, 3.05) is 0 Å². The van der Waals surface area contributed by atoms with Crippen LogP contribution in [0.3, 0.4) is 0 Å². The van der Waals surface area contributed by atoms with Gasteiger partial charge in [-0.2, -0.15) is 4.57 Å². The molecule has 0 saturated heterocycles. The molecule has 3 rings (SSSR count). The monoisotopic (exact) mass is 270 g/mol. The first-order chi connectivity index (χ1) is 9.02. The Kier molecular flexibility index (Phi) is 2.86. The number of hydrogen-bond acceptors (Lipinski definition) is 1. The molecule has 1 heterocycles. The maximum Gasteiger partial charge on any atom is 0.243 e. The van der Waals surface area contributed by atoms with Crippen molar-refractivity contribution in [3.05, 3.63) is 41.4 Å². The quantitative estimate of drug-likeness (QED) is 0.566.